The fraction of sp³-hybridized carbons (Fsp3) is 1.00. The number of rotatable bonds is 6. The number of hydrogen-bond acceptors (Lipinski definition) is 3. The predicted molar refractivity (Wildman–Crippen MR) is 77.9 cm³/mol. The minimum atomic E-state index is 0.892. The van der Waals surface area contributed by atoms with Crippen molar-refractivity contribution >= 4 is 11.8 Å². The first kappa shape index (κ1) is 13.7. The predicted octanol–water partition coefficient (Wildman–Crippen LogP) is 2.69. The molecule has 2 aliphatic rings. The third-order valence-electron chi connectivity index (χ3n) is 4.21. The summed E-state index contributed by atoms with van der Waals surface area (Å²) < 4.78 is 0. The van der Waals surface area contributed by atoms with Crippen molar-refractivity contribution in [2.75, 3.05) is 44.7 Å². The molecule has 0 N–H and O–H groups in total. The molecular formula is C14H28N2S. The molecule has 0 spiro atoms. The van der Waals surface area contributed by atoms with Crippen molar-refractivity contribution in [3.63, 3.8) is 0 Å². The fourth-order valence-corrected chi connectivity index (χ4v) is 3.74. The van der Waals surface area contributed by atoms with Gasteiger partial charge in [0.05, 0.1) is 0 Å². The topological polar surface area (TPSA) is 6.48 Å². The summed E-state index contributed by atoms with van der Waals surface area (Å²) in [6, 6.07) is 0.892. The Balaban J connectivity index is 1.63. The summed E-state index contributed by atoms with van der Waals surface area (Å²) in [6.45, 7) is 6.76. The Morgan fingerprint density at radius 1 is 1.06 bits per heavy atom. The Morgan fingerprint density at radius 2 is 1.94 bits per heavy atom. The average molecular weight is 256 g/mol. The van der Waals surface area contributed by atoms with E-state index in [1.54, 1.807) is 0 Å². The van der Waals surface area contributed by atoms with Crippen LogP contribution in [0.1, 0.15) is 38.5 Å². The summed E-state index contributed by atoms with van der Waals surface area (Å²) in [7, 11) is 0. The molecule has 1 atom stereocenters. The van der Waals surface area contributed by atoms with Gasteiger partial charge in [-0.2, -0.15) is 11.8 Å². The zero-order valence-electron chi connectivity index (χ0n) is 11.4. The molecule has 0 aromatic carbocycles. The molecule has 0 aliphatic carbocycles. The van der Waals surface area contributed by atoms with Gasteiger partial charge in [0, 0.05) is 12.6 Å². The van der Waals surface area contributed by atoms with Crippen LogP contribution in [0, 0.1) is 0 Å². The normalized spacial score (nSPS) is 27.0. The van der Waals surface area contributed by atoms with E-state index >= 15 is 0 Å². The van der Waals surface area contributed by atoms with Gasteiger partial charge in [-0.15, -0.1) is 0 Å². The molecular weight excluding hydrogens is 228 g/mol. The molecule has 0 bridgehead atoms. The molecule has 2 aliphatic heterocycles. The van der Waals surface area contributed by atoms with E-state index in [9.17, 15) is 0 Å². The Morgan fingerprint density at radius 3 is 2.82 bits per heavy atom. The lowest BCUT2D eigenvalue weighted by molar-refractivity contribution is 0.218. The minimum absolute atomic E-state index is 0.892. The van der Waals surface area contributed by atoms with Gasteiger partial charge in [-0.3, -0.25) is 4.90 Å². The van der Waals surface area contributed by atoms with Crippen molar-refractivity contribution < 1.29 is 0 Å². The maximum atomic E-state index is 2.73. The lowest BCUT2D eigenvalue weighted by Gasteiger charge is -2.25. The quantitative estimate of drug-likeness (QED) is 0.675. The van der Waals surface area contributed by atoms with Crippen molar-refractivity contribution in [2.45, 2.75) is 44.6 Å². The van der Waals surface area contributed by atoms with Crippen molar-refractivity contribution in [3.8, 4) is 0 Å². The van der Waals surface area contributed by atoms with Crippen molar-refractivity contribution in [1.82, 2.24) is 9.80 Å². The van der Waals surface area contributed by atoms with Gasteiger partial charge < -0.3 is 4.90 Å². The van der Waals surface area contributed by atoms with E-state index < -0.39 is 0 Å². The SMILES string of the molecule is CSCCCCCN1CCCN2CCCC2C1. The number of thioether (sulfide) groups is 1. The lowest BCUT2D eigenvalue weighted by atomic mass is 10.2. The van der Waals surface area contributed by atoms with E-state index in [0.29, 0.717) is 0 Å². The van der Waals surface area contributed by atoms with Crippen LogP contribution in [0.4, 0.5) is 0 Å². The number of hydrogen-bond donors (Lipinski definition) is 0. The zero-order chi connectivity index (χ0) is 11.9. The molecule has 2 rings (SSSR count). The third-order valence-corrected chi connectivity index (χ3v) is 4.91. The highest BCUT2D eigenvalue weighted by molar-refractivity contribution is 7.98. The van der Waals surface area contributed by atoms with Crippen LogP contribution >= 0.6 is 11.8 Å². The van der Waals surface area contributed by atoms with Crippen LogP contribution in [0.3, 0.4) is 0 Å². The first-order valence-corrected chi connectivity index (χ1v) is 8.75. The summed E-state index contributed by atoms with van der Waals surface area (Å²) in [4.78, 5) is 5.46. The highest BCUT2D eigenvalue weighted by atomic mass is 32.2. The first-order chi connectivity index (χ1) is 8.40. The molecule has 2 heterocycles. The van der Waals surface area contributed by atoms with Gasteiger partial charge in [-0.25, -0.2) is 0 Å². The summed E-state index contributed by atoms with van der Waals surface area (Å²) in [6.07, 6.45) is 10.7. The number of unbranched alkanes of at least 4 members (excludes halogenated alkanes) is 2. The summed E-state index contributed by atoms with van der Waals surface area (Å²) in [5, 5.41) is 0. The van der Waals surface area contributed by atoms with Crippen LogP contribution in [0.15, 0.2) is 0 Å². The van der Waals surface area contributed by atoms with Crippen LogP contribution < -0.4 is 0 Å². The van der Waals surface area contributed by atoms with Crippen LogP contribution in [-0.2, 0) is 0 Å². The molecule has 0 aromatic heterocycles. The first-order valence-electron chi connectivity index (χ1n) is 7.35. The smallest absolute Gasteiger partial charge is 0.0223 e. The van der Waals surface area contributed by atoms with Gasteiger partial charge in [-0.05, 0) is 70.3 Å². The zero-order valence-corrected chi connectivity index (χ0v) is 12.2. The highest BCUT2D eigenvalue weighted by Gasteiger charge is 2.28. The van der Waals surface area contributed by atoms with Crippen molar-refractivity contribution in [1.29, 1.82) is 0 Å². The van der Waals surface area contributed by atoms with E-state index in [1.165, 1.54) is 77.0 Å². The summed E-state index contributed by atoms with van der Waals surface area (Å²) in [5.41, 5.74) is 0. The molecule has 0 amide bonds. The standard InChI is InChI=1S/C14H28N2S/c1-17-12-4-2-3-8-15-9-6-11-16-10-5-7-14(16)13-15/h14H,2-13H2,1H3. The molecule has 1 unspecified atom stereocenters. The Hall–Kier alpha value is 0.270. The fourth-order valence-electron chi connectivity index (χ4n) is 3.24. The molecule has 0 aromatic rings. The molecule has 2 saturated heterocycles. The third kappa shape index (κ3) is 4.46. The Kier molecular flexibility index (Phi) is 6.16. The van der Waals surface area contributed by atoms with Gasteiger partial charge in [0.1, 0.15) is 0 Å². The van der Waals surface area contributed by atoms with Gasteiger partial charge in [0.2, 0.25) is 0 Å². The summed E-state index contributed by atoms with van der Waals surface area (Å²) in [5.74, 6) is 1.34. The minimum Gasteiger partial charge on any atom is -0.302 e. The second-order valence-electron chi connectivity index (χ2n) is 5.54. The van der Waals surface area contributed by atoms with Crippen molar-refractivity contribution in [2.24, 2.45) is 0 Å². The maximum Gasteiger partial charge on any atom is 0.0223 e. The van der Waals surface area contributed by atoms with Gasteiger partial charge in [-0.1, -0.05) is 6.42 Å². The number of nitrogens with zero attached hydrogens (tertiary/aromatic N) is 2. The molecule has 2 fully saturated rings. The van der Waals surface area contributed by atoms with Gasteiger partial charge >= 0.3 is 0 Å². The molecule has 3 heteroatoms. The molecule has 0 radical (unpaired) electrons. The highest BCUT2D eigenvalue weighted by Crippen LogP contribution is 2.21. The van der Waals surface area contributed by atoms with Crippen LogP contribution in [0.2, 0.25) is 0 Å². The van der Waals surface area contributed by atoms with E-state index in [4.69, 9.17) is 0 Å². The second-order valence-corrected chi connectivity index (χ2v) is 6.53. The van der Waals surface area contributed by atoms with E-state index in [1.807, 2.05) is 11.8 Å². The van der Waals surface area contributed by atoms with E-state index in [0.717, 1.165) is 6.04 Å². The largest absolute Gasteiger partial charge is 0.302 e. The van der Waals surface area contributed by atoms with Crippen LogP contribution in [-0.4, -0.2) is 60.6 Å². The van der Waals surface area contributed by atoms with Crippen molar-refractivity contribution in [3.05, 3.63) is 0 Å². The number of fused-ring (bicyclic) bond motifs is 1. The Labute approximate surface area is 111 Å². The van der Waals surface area contributed by atoms with Gasteiger partial charge in [0.15, 0.2) is 0 Å². The van der Waals surface area contributed by atoms with Gasteiger partial charge in [0.25, 0.3) is 0 Å². The van der Waals surface area contributed by atoms with E-state index in [2.05, 4.69) is 16.1 Å². The van der Waals surface area contributed by atoms with E-state index in [-0.39, 0.29) is 0 Å². The monoisotopic (exact) mass is 256 g/mol. The molecule has 100 valence electrons. The van der Waals surface area contributed by atoms with Crippen LogP contribution in [0.25, 0.3) is 0 Å². The molecule has 0 saturated carbocycles. The summed E-state index contributed by atoms with van der Waals surface area (Å²) >= 11 is 1.98. The molecule has 2 nitrogen and oxygen atoms in total. The lowest BCUT2D eigenvalue weighted by Crippen LogP contribution is -2.37. The van der Waals surface area contributed by atoms with Crippen LogP contribution in [0.5, 0.6) is 0 Å². The average Bonchev–Trinajstić information content (AvgIpc) is 2.68. The molecule has 17 heavy (non-hydrogen) atoms. The second kappa shape index (κ2) is 7.65. The maximum absolute atomic E-state index is 2.73. The Bertz CT molecular complexity index is 210.